The number of nitrogens with zero attached hydrogens (tertiary/aromatic N) is 1. The molecular formula is C15H25N3O2. The minimum Gasteiger partial charge on any atom is -0.380 e. The summed E-state index contributed by atoms with van der Waals surface area (Å²) < 4.78 is 5.28. The van der Waals surface area contributed by atoms with Gasteiger partial charge in [0.15, 0.2) is 0 Å². The predicted octanol–water partition coefficient (Wildman–Crippen LogP) is 1.44. The van der Waals surface area contributed by atoms with Crippen LogP contribution in [-0.2, 0) is 16.1 Å². The van der Waals surface area contributed by atoms with E-state index < -0.39 is 0 Å². The number of ether oxygens (including phenoxy) is 1. The molecule has 0 saturated heterocycles. The number of rotatable bonds is 9. The molecule has 3 N–H and O–H groups in total. The minimum absolute atomic E-state index is 0.0161. The third-order valence-electron chi connectivity index (χ3n) is 2.99. The van der Waals surface area contributed by atoms with Gasteiger partial charge in [0, 0.05) is 38.3 Å². The highest BCUT2D eigenvalue weighted by molar-refractivity contribution is 5.90. The topological polar surface area (TPSA) is 67.6 Å². The van der Waals surface area contributed by atoms with E-state index in [0.29, 0.717) is 19.6 Å². The summed E-state index contributed by atoms with van der Waals surface area (Å²) in [6, 6.07) is 7.61. The number of hydrogen-bond acceptors (Lipinski definition) is 4. The molecule has 0 aliphatic carbocycles. The summed E-state index contributed by atoms with van der Waals surface area (Å²) in [7, 11) is 1.99. The van der Waals surface area contributed by atoms with Crippen molar-refractivity contribution in [1.29, 1.82) is 0 Å². The van der Waals surface area contributed by atoms with Crippen molar-refractivity contribution in [2.75, 3.05) is 38.7 Å². The van der Waals surface area contributed by atoms with E-state index in [1.54, 1.807) is 0 Å². The fraction of sp³-hybridized carbons (Fsp3) is 0.533. The molecule has 0 radical (unpaired) electrons. The quantitative estimate of drug-likeness (QED) is 0.671. The maximum Gasteiger partial charge on any atom is 0.225 e. The van der Waals surface area contributed by atoms with Crippen LogP contribution in [0.15, 0.2) is 24.3 Å². The first-order valence-electron chi connectivity index (χ1n) is 7.00. The minimum atomic E-state index is 0.0161. The lowest BCUT2D eigenvalue weighted by molar-refractivity contribution is -0.116. The van der Waals surface area contributed by atoms with E-state index in [1.165, 1.54) is 0 Å². The molecule has 1 aromatic rings. The Morgan fingerprint density at radius 2 is 2.20 bits per heavy atom. The highest BCUT2D eigenvalue weighted by atomic mass is 16.5. The number of carbonyl (C=O) groups excluding carboxylic acids is 1. The van der Waals surface area contributed by atoms with Crippen LogP contribution < -0.4 is 11.1 Å². The van der Waals surface area contributed by atoms with Crippen LogP contribution in [0, 0.1) is 0 Å². The van der Waals surface area contributed by atoms with Gasteiger partial charge in [0.1, 0.15) is 0 Å². The molecule has 1 rings (SSSR count). The van der Waals surface area contributed by atoms with Gasteiger partial charge in [-0.25, -0.2) is 0 Å². The molecule has 0 aliphatic heterocycles. The first kappa shape index (κ1) is 16.6. The number of benzene rings is 1. The Bertz CT molecular complexity index is 410. The highest BCUT2D eigenvalue weighted by Gasteiger charge is 2.05. The molecule has 0 aliphatic rings. The second-order valence-electron chi connectivity index (χ2n) is 4.70. The van der Waals surface area contributed by atoms with Gasteiger partial charge >= 0.3 is 0 Å². The summed E-state index contributed by atoms with van der Waals surface area (Å²) in [5.74, 6) is 0.0161. The summed E-state index contributed by atoms with van der Waals surface area (Å²) in [5, 5.41) is 2.89. The number of nitrogens with one attached hydrogen (secondary N) is 1. The van der Waals surface area contributed by atoms with Crippen LogP contribution in [0.5, 0.6) is 0 Å². The van der Waals surface area contributed by atoms with Crippen LogP contribution in [0.4, 0.5) is 5.69 Å². The van der Waals surface area contributed by atoms with Crippen LogP contribution in [0.2, 0.25) is 0 Å². The third-order valence-corrected chi connectivity index (χ3v) is 2.99. The summed E-state index contributed by atoms with van der Waals surface area (Å²) in [4.78, 5) is 13.9. The molecule has 0 spiro atoms. The Balaban J connectivity index is 2.29. The highest BCUT2D eigenvalue weighted by Crippen LogP contribution is 2.10. The van der Waals surface area contributed by atoms with Crippen molar-refractivity contribution in [2.24, 2.45) is 5.73 Å². The van der Waals surface area contributed by atoms with Gasteiger partial charge in [-0.05, 0) is 31.7 Å². The molecule has 0 bridgehead atoms. The molecule has 5 heteroatoms. The van der Waals surface area contributed by atoms with Crippen LogP contribution in [0.25, 0.3) is 0 Å². The van der Waals surface area contributed by atoms with Crippen molar-refractivity contribution < 1.29 is 9.53 Å². The average Bonchev–Trinajstić information content (AvgIpc) is 2.45. The van der Waals surface area contributed by atoms with Gasteiger partial charge in [-0.3, -0.25) is 4.79 Å². The Morgan fingerprint density at radius 3 is 2.90 bits per heavy atom. The molecule has 0 fully saturated rings. The Labute approximate surface area is 121 Å². The lowest BCUT2D eigenvalue weighted by atomic mass is 10.2. The van der Waals surface area contributed by atoms with Crippen LogP contribution in [0.1, 0.15) is 18.9 Å². The van der Waals surface area contributed by atoms with E-state index in [0.717, 1.165) is 30.9 Å². The Hall–Kier alpha value is -1.43. The summed E-state index contributed by atoms with van der Waals surface area (Å²) in [5.41, 5.74) is 7.39. The van der Waals surface area contributed by atoms with Gasteiger partial charge in [0.05, 0.1) is 6.61 Å². The second kappa shape index (κ2) is 9.47. The number of nitrogens with two attached hydrogens (primary N) is 1. The summed E-state index contributed by atoms with van der Waals surface area (Å²) >= 11 is 0. The molecule has 0 saturated carbocycles. The average molecular weight is 279 g/mol. The van der Waals surface area contributed by atoms with Crippen molar-refractivity contribution >= 4 is 11.6 Å². The van der Waals surface area contributed by atoms with Gasteiger partial charge in [0.2, 0.25) is 5.91 Å². The zero-order valence-corrected chi connectivity index (χ0v) is 12.4. The van der Waals surface area contributed by atoms with Gasteiger partial charge in [0.25, 0.3) is 0 Å². The van der Waals surface area contributed by atoms with Crippen molar-refractivity contribution in [1.82, 2.24) is 4.90 Å². The second-order valence-corrected chi connectivity index (χ2v) is 4.70. The van der Waals surface area contributed by atoms with Crippen molar-refractivity contribution in [2.45, 2.75) is 19.9 Å². The lowest BCUT2D eigenvalue weighted by Crippen LogP contribution is -2.27. The van der Waals surface area contributed by atoms with E-state index in [4.69, 9.17) is 10.5 Å². The number of likely N-dealkylation sites (N-methyl/N-ethyl adjacent to an activating group) is 1. The third kappa shape index (κ3) is 6.65. The Morgan fingerprint density at radius 1 is 1.40 bits per heavy atom. The van der Waals surface area contributed by atoms with E-state index in [1.807, 2.05) is 38.2 Å². The molecule has 0 unspecified atom stereocenters. The molecule has 0 atom stereocenters. The summed E-state index contributed by atoms with van der Waals surface area (Å²) in [6.45, 7) is 5.44. The number of hydrogen-bond donors (Lipinski definition) is 2. The fourth-order valence-electron chi connectivity index (χ4n) is 1.77. The van der Waals surface area contributed by atoms with Crippen LogP contribution in [-0.4, -0.2) is 44.2 Å². The van der Waals surface area contributed by atoms with Gasteiger partial charge in [-0.1, -0.05) is 12.1 Å². The zero-order valence-electron chi connectivity index (χ0n) is 12.4. The van der Waals surface area contributed by atoms with Crippen LogP contribution in [0.3, 0.4) is 0 Å². The first-order valence-corrected chi connectivity index (χ1v) is 7.00. The van der Waals surface area contributed by atoms with E-state index in [9.17, 15) is 4.79 Å². The largest absolute Gasteiger partial charge is 0.380 e. The number of anilines is 1. The SMILES string of the molecule is CCOCCN(C)CCC(=O)Nc1cccc(CN)c1. The van der Waals surface area contributed by atoms with Crippen molar-refractivity contribution in [3.63, 3.8) is 0 Å². The van der Waals surface area contributed by atoms with E-state index >= 15 is 0 Å². The molecule has 1 amide bonds. The molecular weight excluding hydrogens is 254 g/mol. The standard InChI is InChI=1S/C15H25N3O2/c1-3-20-10-9-18(2)8-7-15(19)17-14-6-4-5-13(11-14)12-16/h4-6,11H,3,7-10,12,16H2,1-2H3,(H,17,19). The molecule has 20 heavy (non-hydrogen) atoms. The van der Waals surface area contributed by atoms with Gasteiger partial charge in [-0.15, -0.1) is 0 Å². The molecule has 0 aromatic heterocycles. The zero-order chi connectivity index (χ0) is 14.8. The Kier molecular flexibility index (Phi) is 7.87. The maximum absolute atomic E-state index is 11.8. The maximum atomic E-state index is 11.8. The molecule has 112 valence electrons. The smallest absolute Gasteiger partial charge is 0.225 e. The van der Waals surface area contributed by atoms with E-state index in [2.05, 4.69) is 10.2 Å². The molecule has 1 aromatic carbocycles. The normalized spacial score (nSPS) is 10.8. The lowest BCUT2D eigenvalue weighted by Gasteiger charge is -2.16. The van der Waals surface area contributed by atoms with Crippen molar-refractivity contribution in [3.05, 3.63) is 29.8 Å². The number of amides is 1. The van der Waals surface area contributed by atoms with Crippen LogP contribution >= 0.6 is 0 Å². The van der Waals surface area contributed by atoms with E-state index in [-0.39, 0.29) is 5.91 Å². The van der Waals surface area contributed by atoms with Gasteiger partial charge < -0.3 is 20.7 Å². The predicted molar refractivity (Wildman–Crippen MR) is 81.6 cm³/mol. The number of carbonyl (C=O) groups is 1. The molecule has 0 heterocycles. The molecule has 5 nitrogen and oxygen atoms in total. The summed E-state index contributed by atoms with van der Waals surface area (Å²) in [6.07, 6.45) is 0.468. The first-order chi connectivity index (χ1) is 9.65. The van der Waals surface area contributed by atoms with Gasteiger partial charge in [-0.2, -0.15) is 0 Å². The van der Waals surface area contributed by atoms with Crippen molar-refractivity contribution in [3.8, 4) is 0 Å². The fourth-order valence-corrected chi connectivity index (χ4v) is 1.77. The monoisotopic (exact) mass is 279 g/mol.